The van der Waals surface area contributed by atoms with Crippen molar-refractivity contribution in [1.82, 2.24) is 0 Å². The molecular weight excluding hydrogens is 486 g/mol. The van der Waals surface area contributed by atoms with Gasteiger partial charge in [-0.15, -0.1) is 0 Å². The molecule has 8 nitrogen and oxygen atoms in total. The van der Waals surface area contributed by atoms with E-state index in [4.69, 9.17) is 4.74 Å². The van der Waals surface area contributed by atoms with Gasteiger partial charge in [-0.25, -0.2) is 4.79 Å². The number of carboxylic acids is 1. The van der Waals surface area contributed by atoms with Gasteiger partial charge < -0.3 is 30.1 Å². The molecule has 2 aromatic carbocycles. The van der Waals surface area contributed by atoms with Gasteiger partial charge in [0.2, 0.25) is 0 Å². The number of carboxylic acid groups (broad SMARTS) is 1. The van der Waals surface area contributed by atoms with E-state index in [1.807, 2.05) is 6.92 Å². The Morgan fingerprint density at radius 2 is 1.89 bits per heavy atom. The number of carbonyl (C=O) groups is 2. The van der Waals surface area contributed by atoms with E-state index in [1.54, 1.807) is 0 Å². The van der Waals surface area contributed by atoms with E-state index in [-0.39, 0.29) is 35.5 Å². The number of ether oxygens (including phenoxy) is 1. The van der Waals surface area contributed by atoms with Gasteiger partial charge in [0, 0.05) is 17.5 Å². The molecular formula is C30H35NO7. The third kappa shape index (κ3) is 5.13. The standard InChI is InChI=1S/C30H35NO7/c1-17(2)8-5-9-18(3)10-7-13-30(4)25(33)15-21-24(32)14-20-22(27(21)38-30)16-31(28(20)35)23-12-6-11-19(26(23)34)29(36)37/h6,8,10-12,14,25,32-34H,5,7,9,13,15-16H2,1-4H3,(H,36,37)/t25-,30-/m0/s1. The molecule has 0 radical (unpaired) electrons. The summed E-state index contributed by atoms with van der Waals surface area (Å²) in [5.41, 5.74) is 2.55. The first kappa shape index (κ1) is 27.3. The number of amides is 1. The molecule has 2 aliphatic heterocycles. The quantitative estimate of drug-likeness (QED) is 0.339. The zero-order valence-electron chi connectivity index (χ0n) is 22.2. The average molecular weight is 522 g/mol. The van der Waals surface area contributed by atoms with Gasteiger partial charge in [-0.2, -0.15) is 0 Å². The van der Waals surface area contributed by atoms with E-state index in [0.29, 0.717) is 29.7 Å². The number of aliphatic hydroxyl groups excluding tert-OH is 1. The summed E-state index contributed by atoms with van der Waals surface area (Å²) in [6, 6.07) is 5.54. The third-order valence-electron chi connectivity index (χ3n) is 7.45. The molecule has 0 saturated heterocycles. The number of rotatable bonds is 8. The molecule has 2 aliphatic rings. The topological polar surface area (TPSA) is 128 Å². The van der Waals surface area contributed by atoms with Crippen molar-refractivity contribution in [2.24, 2.45) is 0 Å². The number of anilines is 1. The van der Waals surface area contributed by atoms with Crippen molar-refractivity contribution in [2.75, 3.05) is 4.90 Å². The Bertz CT molecular complexity index is 1340. The summed E-state index contributed by atoms with van der Waals surface area (Å²) in [5, 5.41) is 41.6. The number of hydrogen-bond acceptors (Lipinski definition) is 6. The lowest BCUT2D eigenvalue weighted by molar-refractivity contribution is -0.0597. The normalized spacial score (nSPS) is 20.6. The highest BCUT2D eigenvalue weighted by Crippen LogP contribution is 2.48. The van der Waals surface area contributed by atoms with Crippen LogP contribution < -0.4 is 9.64 Å². The molecule has 4 rings (SSSR count). The Kier molecular flexibility index (Phi) is 7.56. The number of benzene rings is 2. The molecule has 0 saturated carbocycles. The molecule has 0 spiro atoms. The fourth-order valence-electron chi connectivity index (χ4n) is 5.12. The molecule has 38 heavy (non-hydrogen) atoms. The van der Waals surface area contributed by atoms with Crippen LogP contribution in [0.2, 0.25) is 0 Å². The number of phenolic OH excluding ortho intramolecular Hbond substituents is 1. The highest BCUT2D eigenvalue weighted by molar-refractivity contribution is 6.12. The SMILES string of the molecule is CC(C)=CCCC(C)=CCC[C@]1(C)Oc2c(c(O)cc3c2CN(c2cccc(C(=O)O)c2O)C3=O)C[C@@H]1O. The highest BCUT2D eigenvalue weighted by Gasteiger charge is 2.44. The van der Waals surface area contributed by atoms with Crippen LogP contribution in [0.15, 0.2) is 47.6 Å². The van der Waals surface area contributed by atoms with E-state index in [2.05, 4.69) is 32.9 Å². The smallest absolute Gasteiger partial charge is 0.339 e. The van der Waals surface area contributed by atoms with Gasteiger partial charge >= 0.3 is 5.97 Å². The van der Waals surface area contributed by atoms with Crippen molar-refractivity contribution in [3.63, 3.8) is 0 Å². The predicted octanol–water partition coefficient (Wildman–Crippen LogP) is 5.48. The summed E-state index contributed by atoms with van der Waals surface area (Å²) in [5.74, 6) is -2.08. The van der Waals surface area contributed by atoms with Gasteiger partial charge in [-0.3, -0.25) is 4.79 Å². The minimum absolute atomic E-state index is 0.0307. The average Bonchev–Trinajstić information content (AvgIpc) is 3.16. The highest BCUT2D eigenvalue weighted by atomic mass is 16.5. The second-order valence-electron chi connectivity index (χ2n) is 10.6. The summed E-state index contributed by atoms with van der Waals surface area (Å²) < 4.78 is 6.39. The Morgan fingerprint density at radius 1 is 1.16 bits per heavy atom. The minimum atomic E-state index is -1.31. The van der Waals surface area contributed by atoms with Crippen LogP contribution in [-0.4, -0.2) is 44.0 Å². The van der Waals surface area contributed by atoms with Gasteiger partial charge in [0.05, 0.1) is 23.9 Å². The number of phenols is 2. The largest absolute Gasteiger partial charge is 0.508 e. The Balaban J connectivity index is 1.60. The van der Waals surface area contributed by atoms with Gasteiger partial charge in [0.15, 0.2) is 5.75 Å². The number of aromatic hydroxyl groups is 2. The minimum Gasteiger partial charge on any atom is -0.508 e. The molecule has 8 heteroatoms. The van der Waals surface area contributed by atoms with E-state index >= 15 is 0 Å². The lowest BCUT2D eigenvalue weighted by Crippen LogP contribution is -2.49. The zero-order valence-corrected chi connectivity index (χ0v) is 22.2. The molecule has 2 atom stereocenters. The number of nitrogens with zero attached hydrogens (tertiary/aromatic N) is 1. The van der Waals surface area contributed by atoms with Crippen LogP contribution >= 0.6 is 0 Å². The zero-order chi connectivity index (χ0) is 27.8. The predicted molar refractivity (Wildman–Crippen MR) is 144 cm³/mol. The van der Waals surface area contributed by atoms with Crippen LogP contribution in [0.3, 0.4) is 0 Å². The lowest BCUT2D eigenvalue weighted by atomic mass is 9.84. The van der Waals surface area contributed by atoms with Crippen LogP contribution in [0.4, 0.5) is 5.69 Å². The molecule has 4 N–H and O–H groups in total. The number of aliphatic hydroxyl groups is 1. The van der Waals surface area contributed by atoms with Crippen LogP contribution in [0.1, 0.15) is 85.2 Å². The van der Waals surface area contributed by atoms with Crippen LogP contribution in [0.25, 0.3) is 0 Å². The number of para-hydroxylation sites is 1. The maximum atomic E-state index is 13.3. The van der Waals surface area contributed by atoms with Crippen molar-refractivity contribution in [2.45, 2.75) is 78.0 Å². The molecule has 0 aliphatic carbocycles. The number of carbonyl (C=O) groups excluding carboxylic acids is 1. The second-order valence-corrected chi connectivity index (χ2v) is 10.6. The Labute approximate surface area is 222 Å². The summed E-state index contributed by atoms with van der Waals surface area (Å²) in [7, 11) is 0. The van der Waals surface area contributed by atoms with Gasteiger partial charge in [-0.05, 0) is 71.6 Å². The van der Waals surface area contributed by atoms with Crippen molar-refractivity contribution < 1.29 is 34.8 Å². The lowest BCUT2D eigenvalue weighted by Gasteiger charge is -2.40. The van der Waals surface area contributed by atoms with E-state index in [9.17, 15) is 30.0 Å². The second kappa shape index (κ2) is 10.5. The number of allylic oxidation sites excluding steroid dienone is 4. The van der Waals surface area contributed by atoms with Crippen molar-refractivity contribution in [3.05, 3.63) is 69.8 Å². The fourth-order valence-corrected chi connectivity index (χ4v) is 5.12. The number of aromatic carboxylic acids is 1. The molecule has 2 heterocycles. The van der Waals surface area contributed by atoms with E-state index < -0.39 is 29.3 Å². The third-order valence-corrected chi connectivity index (χ3v) is 7.45. The summed E-state index contributed by atoms with van der Waals surface area (Å²) >= 11 is 0. The monoisotopic (exact) mass is 521 g/mol. The first-order valence-electron chi connectivity index (χ1n) is 12.8. The molecule has 0 fully saturated rings. The van der Waals surface area contributed by atoms with Crippen LogP contribution in [-0.2, 0) is 13.0 Å². The molecule has 202 valence electrons. The molecule has 0 unspecified atom stereocenters. The maximum Gasteiger partial charge on any atom is 0.339 e. The van der Waals surface area contributed by atoms with Gasteiger partial charge in [-0.1, -0.05) is 29.4 Å². The maximum absolute atomic E-state index is 13.3. The van der Waals surface area contributed by atoms with Gasteiger partial charge in [0.1, 0.15) is 22.7 Å². The van der Waals surface area contributed by atoms with E-state index in [1.165, 1.54) is 40.3 Å². The first-order valence-corrected chi connectivity index (χ1v) is 12.8. The Morgan fingerprint density at radius 3 is 2.58 bits per heavy atom. The first-order chi connectivity index (χ1) is 17.9. The number of fused-ring (bicyclic) bond motifs is 3. The summed E-state index contributed by atoms with van der Waals surface area (Å²) in [4.78, 5) is 26.1. The Hall–Kier alpha value is -3.78. The molecule has 1 amide bonds. The van der Waals surface area contributed by atoms with Crippen molar-refractivity contribution >= 4 is 17.6 Å². The van der Waals surface area contributed by atoms with Gasteiger partial charge in [0.25, 0.3) is 5.91 Å². The number of hydrogen-bond donors (Lipinski definition) is 4. The van der Waals surface area contributed by atoms with Crippen molar-refractivity contribution in [1.29, 1.82) is 0 Å². The molecule has 2 aromatic rings. The van der Waals surface area contributed by atoms with E-state index in [0.717, 1.165) is 12.8 Å². The van der Waals surface area contributed by atoms with Crippen LogP contribution in [0, 0.1) is 0 Å². The summed E-state index contributed by atoms with van der Waals surface area (Å²) in [6.07, 6.45) is 6.86. The summed E-state index contributed by atoms with van der Waals surface area (Å²) in [6.45, 7) is 8.12. The fraction of sp³-hybridized carbons (Fsp3) is 0.400. The molecule has 0 aromatic heterocycles. The van der Waals surface area contributed by atoms with Crippen molar-refractivity contribution in [3.8, 4) is 17.2 Å². The van der Waals surface area contributed by atoms with Crippen LogP contribution in [0.5, 0.6) is 17.2 Å². The molecule has 0 bridgehead atoms.